The van der Waals surface area contributed by atoms with E-state index in [2.05, 4.69) is 69.8 Å². The molecule has 2 aliphatic rings. The molecule has 6 rings (SSSR count). The number of ether oxygens (including phenoxy) is 1. The van der Waals surface area contributed by atoms with Crippen LogP contribution in [0.3, 0.4) is 0 Å². The number of aryl methyl sites for hydroxylation is 1. The molecule has 0 radical (unpaired) electrons. The average molecular weight is 671 g/mol. The summed E-state index contributed by atoms with van der Waals surface area (Å²) in [5, 5.41) is 3.73. The summed E-state index contributed by atoms with van der Waals surface area (Å²) < 4.78 is 5.52. The average Bonchev–Trinajstić information content (AvgIpc) is 3.08. The van der Waals surface area contributed by atoms with Crippen molar-refractivity contribution in [3.63, 3.8) is 0 Å². The van der Waals surface area contributed by atoms with Gasteiger partial charge in [0.25, 0.3) is 0 Å². The van der Waals surface area contributed by atoms with Gasteiger partial charge in [-0.3, -0.25) is 14.6 Å². The molecule has 1 amide bonds. The molecular weight excluding hydrogens is 629 g/mol. The molecule has 47 heavy (non-hydrogen) atoms. The summed E-state index contributed by atoms with van der Waals surface area (Å²) >= 11 is 3.48. The number of carbonyl (C=O) groups excluding carboxylic acids is 1. The highest BCUT2D eigenvalue weighted by Crippen LogP contribution is 2.52. The maximum absolute atomic E-state index is 12.8. The van der Waals surface area contributed by atoms with Crippen molar-refractivity contribution in [1.29, 1.82) is 0 Å². The molecule has 4 heterocycles. The van der Waals surface area contributed by atoms with E-state index in [4.69, 9.17) is 9.72 Å². The topological polar surface area (TPSA) is 93.8 Å². The SMILES string of the molecule is Cc1ccc(C(CCN(C)C(=O)CCN(C)C)Nc2ccc3c(c2)Sc2cccc(-c4cc(N5CCOCC5)cc(=O)[nH]4)c2S3)nc1. The quantitative estimate of drug-likeness (QED) is 0.172. The number of morpholine rings is 1. The Morgan fingerprint density at radius 3 is 2.60 bits per heavy atom. The second-order valence-electron chi connectivity index (χ2n) is 12.3. The molecule has 2 aliphatic heterocycles. The molecule has 4 aromatic rings. The van der Waals surface area contributed by atoms with E-state index in [9.17, 15) is 9.59 Å². The van der Waals surface area contributed by atoms with Crippen LogP contribution in [0.1, 0.15) is 30.1 Å². The Labute approximate surface area is 285 Å². The fourth-order valence-corrected chi connectivity index (χ4v) is 8.13. The Balaban J connectivity index is 1.21. The Bertz CT molecular complexity index is 1770. The number of fused-ring (bicyclic) bond motifs is 2. The Morgan fingerprint density at radius 1 is 1.00 bits per heavy atom. The van der Waals surface area contributed by atoms with Gasteiger partial charge < -0.3 is 29.7 Å². The minimum Gasteiger partial charge on any atom is -0.378 e. The van der Waals surface area contributed by atoms with Crippen molar-refractivity contribution in [3.05, 3.63) is 88.5 Å². The fraction of sp³-hybridized carbons (Fsp3) is 0.361. The minimum absolute atomic E-state index is 0.0616. The second kappa shape index (κ2) is 15.0. The third-order valence-corrected chi connectivity index (χ3v) is 11.0. The molecule has 0 bridgehead atoms. The van der Waals surface area contributed by atoms with Gasteiger partial charge in [-0.2, -0.15) is 0 Å². The standard InChI is InChI=1S/C36H42N6O3S2/c1-24-8-10-28(37-23-24)29(12-15-41(4)35(44)13-14-40(2)3)38-25-9-11-31-33(20-25)46-32-7-5-6-27(36(32)47-31)30-21-26(22-34(43)39-30)42-16-18-45-19-17-42/h5-11,20-23,29,38H,12-19H2,1-4H3,(H,39,43). The number of amides is 1. The number of H-pyrrole nitrogens is 1. The van der Waals surface area contributed by atoms with E-state index in [1.807, 2.05) is 44.1 Å². The van der Waals surface area contributed by atoms with Crippen LogP contribution in [-0.2, 0) is 9.53 Å². The van der Waals surface area contributed by atoms with Crippen molar-refractivity contribution in [1.82, 2.24) is 19.8 Å². The van der Waals surface area contributed by atoms with Gasteiger partial charge in [-0.15, -0.1) is 0 Å². The zero-order valence-electron chi connectivity index (χ0n) is 27.4. The summed E-state index contributed by atoms with van der Waals surface area (Å²) in [7, 11) is 5.85. The first-order chi connectivity index (χ1) is 22.7. The maximum Gasteiger partial charge on any atom is 0.250 e. The van der Waals surface area contributed by atoms with Gasteiger partial charge in [-0.1, -0.05) is 41.7 Å². The van der Waals surface area contributed by atoms with Crippen LogP contribution in [0.25, 0.3) is 11.3 Å². The van der Waals surface area contributed by atoms with Gasteiger partial charge in [-0.05, 0) is 69.4 Å². The second-order valence-corrected chi connectivity index (χ2v) is 14.5. The summed E-state index contributed by atoms with van der Waals surface area (Å²) in [5.41, 5.74) is 5.74. The minimum atomic E-state index is -0.104. The predicted octanol–water partition coefficient (Wildman–Crippen LogP) is 6.15. The highest BCUT2D eigenvalue weighted by atomic mass is 32.2. The molecule has 1 unspecified atom stereocenters. The number of aromatic amines is 1. The van der Waals surface area contributed by atoms with E-state index in [0.717, 1.165) is 69.7 Å². The molecule has 246 valence electrons. The van der Waals surface area contributed by atoms with Crippen LogP contribution in [0.4, 0.5) is 11.4 Å². The van der Waals surface area contributed by atoms with Gasteiger partial charge in [0.05, 0.1) is 30.6 Å². The van der Waals surface area contributed by atoms with E-state index in [0.29, 0.717) is 26.2 Å². The number of nitrogens with one attached hydrogen (secondary N) is 2. The lowest BCUT2D eigenvalue weighted by molar-refractivity contribution is -0.130. The van der Waals surface area contributed by atoms with Crippen LogP contribution < -0.4 is 15.8 Å². The molecule has 2 aromatic carbocycles. The number of hydrogen-bond donors (Lipinski definition) is 2. The lowest BCUT2D eigenvalue weighted by Gasteiger charge is -2.29. The van der Waals surface area contributed by atoms with Gasteiger partial charge in [0.2, 0.25) is 11.5 Å². The van der Waals surface area contributed by atoms with E-state index in [1.54, 1.807) is 29.6 Å². The van der Waals surface area contributed by atoms with Gasteiger partial charge in [0, 0.05) is 88.4 Å². The number of benzene rings is 2. The molecule has 0 spiro atoms. The smallest absolute Gasteiger partial charge is 0.250 e. The zero-order valence-corrected chi connectivity index (χ0v) is 29.0. The Hall–Kier alpha value is -3.77. The van der Waals surface area contributed by atoms with Crippen molar-refractivity contribution in [2.45, 2.75) is 45.4 Å². The third kappa shape index (κ3) is 8.21. The molecule has 1 saturated heterocycles. The zero-order chi connectivity index (χ0) is 32.9. The molecule has 2 aromatic heterocycles. The van der Waals surface area contributed by atoms with E-state index >= 15 is 0 Å². The largest absolute Gasteiger partial charge is 0.378 e. The van der Waals surface area contributed by atoms with Crippen LogP contribution in [0, 0.1) is 6.92 Å². The number of anilines is 2. The van der Waals surface area contributed by atoms with Gasteiger partial charge >= 0.3 is 0 Å². The molecule has 1 atom stereocenters. The van der Waals surface area contributed by atoms with Crippen LogP contribution in [0.2, 0.25) is 0 Å². The first kappa shape index (κ1) is 33.1. The highest BCUT2D eigenvalue weighted by Gasteiger charge is 2.23. The number of aromatic nitrogens is 2. The van der Waals surface area contributed by atoms with E-state index in [-0.39, 0.29) is 17.5 Å². The van der Waals surface area contributed by atoms with Crippen LogP contribution in [0.5, 0.6) is 0 Å². The van der Waals surface area contributed by atoms with Crippen molar-refractivity contribution in [2.75, 3.05) is 70.8 Å². The summed E-state index contributed by atoms with van der Waals surface area (Å²) in [4.78, 5) is 44.0. The van der Waals surface area contributed by atoms with Crippen molar-refractivity contribution in [2.24, 2.45) is 0 Å². The number of pyridine rings is 2. The monoisotopic (exact) mass is 670 g/mol. The summed E-state index contributed by atoms with van der Waals surface area (Å²) in [6.07, 6.45) is 3.13. The molecule has 1 fully saturated rings. The first-order valence-electron chi connectivity index (χ1n) is 16.0. The number of hydrogen-bond acceptors (Lipinski definition) is 9. The van der Waals surface area contributed by atoms with E-state index < -0.39 is 0 Å². The Kier molecular flexibility index (Phi) is 10.6. The summed E-state index contributed by atoms with van der Waals surface area (Å²) in [6, 6.07) is 20.6. The summed E-state index contributed by atoms with van der Waals surface area (Å²) in [5.74, 6) is 0.145. The van der Waals surface area contributed by atoms with Crippen molar-refractivity contribution >= 4 is 40.8 Å². The van der Waals surface area contributed by atoms with Crippen LogP contribution in [0.15, 0.2) is 91.2 Å². The lowest BCUT2D eigenvalue weighted by atomic mass is 10.1. The van der Waals surface area contributed by atoms with Gasteiger partial charge in [0.15, 0.2) is 0 Å². The molecule has 2 N–H and O–H groups in total. The molecule has 0 saturated carbocycles. The molecule has 9 nitrogen and oxygen atoms in total. The molecule has 0 aliphatic carbocycles. The normalized spacial score (nSPS) is 14.8. The maximum atomic E-state index is 12.8. The number of carbonyl (C=O) groups is 1. The Morgan fingerprint density at radius 2 is 1.83 bits per heavy atom. The van der Waals surface area contributed by atoms with Gasteiger partial charge in [-0.25, -0.2) is 0 Å². The number of nitrogens with zero attached hydrogens (tertiary/aromatic N) is 4. The van der Waals surface area contributed by atoms with Gasteiger partial charge in [0.1, 0.15) is 0 Å². The van der Waals surface area contributed by atoms with Crippen LogP contribution in [-0.4, -0.2) is 86.2 Å². The summed E-state index contributed by atoms with van der Waals surface area (Å²) in [6.45, 7) is 6.28. The molecule has 11 heteroatoms. The first-order valence-corrected chi connectivity index (χ1v) is 17.6. The van der Waals surface area contributed by atoms with E-state index in [1.165, 1.54) is 9.79 Å². The third-order valence-electron chi connectivity index (χ3n) is 8.43. The highest BCUT2D eigenvalue weighted by molar-refractivity contribution is 8.05. The van der Waals surface area contributed by atoms with Crippen molar-refractivity contribution < 1.29 is 9.53 Å². The van der Waals surface area contributed by atoms with Crippen LogP contribution >= 0.6 is 23.5 Å². The van der Waals surface area contributed by atoms with Crippen molar-refractivity contribution in [3.8, 4) is 11.3 Å². The number of rotatable bonds is 11. The molecular formula is C36H42N6O3S2. The predicted molar refractivity (Wildman–Crippen MR) is 191 cm³/mol. The lowest BCUT2D eigenvalue weighted by Crippen LogP contribution is -2.36. The fourth-order valence-electron chi connectivity index (χ4n) is 5.72.